The number of likely N-dealkylation sites (tertiary alicyclic amines) is 1. The molecule has 1 fully saturated rings. The first-order valence-corrected chi connectivity index (χ1v) is 10.4. The van der Waals surface area contributed by atoms with Crippen LogP contribution in [0.4, 0.5) is 0 Å². The second-order valence-electron chi connectivity index (χ2n) is 8.09. The average molecular weight is 518 g/mol. The standard InChI is InChI=1S/C22H38N4O2.HI/c1-18-9-10-19(20(15-18)28-14-13-27-5)16-24-21(23-4)25-17-22(2,3)26-11-7-6-8-12-26;/h9-10,15H,6-8,11-14,16-17H2,1-5H3,(H2,23,24,25);1H. The number of hydrogen-bond acceptors (Lipinski definition) is 4. The van der Waals surface area contributed by atoms with Gasteiger partial charge in [-0.05, 0) is 58.3 Å². The highest BCUT2D eigenvalue weighted by molar-refractivity contribution is 14.0. The van der Waals surface area contributed by atoms with E-state index in [2.05, 4.69) is 59.5 Å². The smallest absolute Gasteiger partial charge is 0.191 e. The highest BCUT2D eigenvalue weighted by atomic mass is 127. The quantitative estimate of drug-likeness (QED) is 0.227. The summed E-state index contributed by atoms with van der Waals surface area (Å²) < 4.78 is 11.0. The number of methoxy groups -OCH3 is 1. The van der Waals surface area contributed by atoms with Crippen LogP contribution in [0.15, 0.2) is 23.2 Å². The van der Waals surface area contributed by atoms with Crippen LogP contribution in [-0.2, 0) is 11.3 Å². The van der Waals surface area contributed by atoms with Gasteiger partial charge in [0.1, 0.15) is 12.4 Å². The molecule has 7 heteroatoms. The van der Waals surface area contributed by atoms with Crippen LogP contribution in [0.2, 0.25) is 0 Å². The van der Waals surface area contributed by atoms with Crippen molar-refractivity contribution in [2.75, 3.05) is 47.0 Å². The van der Waals surface area contributed by atoms with Crippen LogP contribution < -0.4 is 15.4 Å². The molecule has 1 aliphatic heterocycles. The number of aryl methyl sites for hydroxylation is 1. The molecule has 1 aromatic rings. The summed E-state index contributed by atoms with van der Waals surface area (Å²) in [4.78, 5) is 6.97. The van der Waals surface area contributed by atoms with Gasteiger partial charge in [-0.25, -0.2) is 0 Å². The number of halogens is 1. The largest absolute Gasteiger partial charge is 0.491 e. The van der Waals surface area contributed by atoms with E-state index < -0.39 is 0 Å². The molecule has 2 rings (SSSR count). The van der Waals surface area contributed by atoms with Crippen molar-refractivity contribution in [1.29, 1.82) is 0 Å². The molecule has 1 saturated heterocycles. The molecule has 0 unspecified atom stereocenters. The molecule has 1 aliphatic rings. The lowest BCUT2D eigenvalue weighted by Gasteiger charge is -2.41. The first-order valence-electron chi connectivity index (χ1n) is 10.4. The van der Waals surface area contributed by atoms with Gasteiger partial charge >= 0.3 is 0 Å². The Morgan fingerprint density at radius 2 is 1.86 bits per heavy atom. The van der Waals surface area contributed by atoms with Crippen molar-refractivity contribution in [2.24, 2.45) is 4.99 Å². The van der Waals surface area contributed by atoms with Gasteiger partial charge in [0.15, 0.2) is 5.96 Å². The lowest BCUT2D eigenvalue weighted by Crippen LogP contribution is -2.54. The van der Waals surface area contributed by atoms with E-state index in [9.17, 15) is 0 Å². The van der Waals surface area contributed by atoms with Crippen molar-refractivity contribution in [1.82, 2.24) is 15.5 Å². The number of ether oxygens (including phenoxy) is 2. The van der Waals surface area contributed by atoms with Crippen molar-refractivity contribution in [3.63, 3.8) is 0 Å². The Balaban J connectivity index is 0.00000420. The van der Waals surface area contributed by atoms with Crippen LogP contribution in [0, 0.1) is 6.92 Å². The summed E-state index contributed by atoms with van der Waals surface area (Å²) in [5, 5.41) is 6.92. The third kappa shape index (κ3) is 8.68. The van der Waals surface area contributed by atoms with Crippen molar-refractivity contribution in [3.8, 4) is 5.75 Å². The van der Waals surface area contributed by atoms with Crippen LogP contribution in [0.1, 0.15) is 44.2 Å². The predicted octanol–water partition coefficient (Wildman–Crippen LogP) is 3.57. The Kier molecular flexibility index (Phi) is 11.9. The molecular formula is C22H39IN4O2. The maximum Gasteiger partial charge on any atom is 0.191 e. The topological polar surface area (TPSA) is 58.1 Å². The van der Waals surface area contributed by atoms with E-state index in [1.165, 1.54) is 37.9 Å². The molecule has 0 aliphatic carbocycles. The summed E-state index contributed by atoms with van der Waals surface area (Å²) >= 11 is 0. The third-order valence-corrected chi connectivity index (χ3v) is 5.34. The summed E-state index contributed by atoms with van der Waals surface area (Å²) in [6.45, 7) is 11.7. The van der Waals surface area contributed by atoms with E-state index in [1.54, 1.807) is 7.11 Å². The summed E-state index contributed by atoms with van der Waals surface area (Å²) in [5.74, 6) is 1.71. The number of hydrogen-bond donors (Lipinski definition) is 2. The van der Waals surface area contributed by atoms with Gasteiger partial charge in [0.25, 0.3) is 0 Å². The minimum Gasteiger partial charge on any atom is -0.491 e. The fraction of sp³-hybridized carbons (Fsp3) is 0.682. The SMILES string of the molecule is CN=C(NCc1ccc(C)cc1OCCOC)NCC(C)(C)N1CCCCC1.I. The Labute approximate surface area is 193 Å². The van der Waals surface area contributed by atoms with E-state index in [4.69, 9.17) is 9.47 Å². The molecule has 166 valence electrons. The van der Waals surface area contributed by atoms with Gasteiger partial charge in [-0.3, -0.25) is 9.89 Å². The highest BCUT2D eigenvalue weighted by Gasteiger charge is 2.27. The zero-order chi connectivity index (χ0) is 20.4. The maximum atomic E-state index is 5.89. The number of piperidine rings is 1. The third-order valence-electron chi connectivity index (χ3n) is 5.34. The Morgan fingerprint density at radius 1 is 1.14 bits per heavy atom. The summed E-state index contributed by atoms with van der Waals surface area (Å²) in [5.41, 5.74) is 2.40. The molecule has 0 radical (unpaired) electrons. The molecule has 29 heavy (non-hydrogen) atoms. The minimum atomic E-state index is 0. The van der Waals surface area contributed by atoms with Gasteiger partial charge in [0.2, 0.25) is 0 Å². The molecule has 1 heterocycles. The number of rotatable bonds is 9. The summed E-state index contributed by atoms with van der Waals surface area (Å²) in [7, 11) is 3.50. The molecule has 0 saturated carbocycles. The summed E-state index contributed by atoms with van der Waals surface area (Å²) in [6.07, 6.45) is 3.96. The van der Waals surface area contributed by atoms with Crippen LogP contribution in [0.3, 0.4) is 0 Å². The first kappa shape index (κ1) is 26.0. The first-order chi connectivity index (χ1) is 13.5. The molecule has 0 spiro atoms. The Hall–Kier alpha value is -1.06. The fourth-order valence-corrected chi connectivity index (χ4v) is 3.49. The Bertz CT molecular complexity index is 631. The molecule has 0 bridgehead atoms. The van der Waals surface area contributed by atoms with Crippen LogP contribution >= 0.6 is 24.0 Å². The van der Waals surface area contributed by atoms with E-state index in [0.29, 0.717) is 19.8 Å². The number of aliphatic imine (C=N–C) groups is 1. The molecule has 1 aromatic carbocycles. The zero-order valence-corrected chi connectivity index (χ0v) is 21.0. The van der Waals surface area contributed by atoms with Crippen LogP contribution in [0.25, 0.3) is 0 Å². The van der Waals surface area contributed by atoms with Gasteiger partial charge in [0, 0.05) is 38.3 Å². The number of guanidine groups is 1. The van der Waals surface area contributed by atoms with Gasteiger partial charge < -0.3 is 20.1 Å². The lowest BCUT2D eigenvalue weighted by molar-refractivity contribution is 0.0982. The number of benzene rings is 1. The van der Waals surface area contributed by atoms with E-state index >= 15 is 0 Å². The minimum absolute atomic E-state index is 0. The number of nitrogens with one attached hydrogen (secondary N) is 2. The second-order valence-corrected chi connectivity index (χ2v) is 8.09. The van der Waals surface area contributed by atoms with Gasteiger partial charge in [-0.1, -0.05) is 18.6 Å². The van der Waals surface area contributed by atoms with Gasteiger partial charge in [-0.15, -0.1) is 24.0 Å². The lowest BCUT2D eigenvalue weighted by atomic mass is 9.98. The van der Waals surface area contributed by atoms with E-state index in [1.807, 2.05) is 7.05 Å². The van der Waals surface area contributed by atoms with E-state index in [-0.39, 0.29) is 29.5 Å². The monoisotopic (exact) mass is 518 g/mol. The molecule has 0 aromatic heterocycles. The van der Waals surface area contributed by atoms with E-state index in [0.717, 1.165) is 23.8 Å². The van der Waals surface area contributed by atoms with Crippen LogP contribution in [0.5, 0.6) is 5.75 Å². The zero-order valence-electron chi connectivity index (χ0n) is 18.7. The molecular weight excluding hydrogens is 479 g/mol. The molecule has 2 N–H and O–H groups in total. The maximum absolute atomic E-state index is 5.89. The Morgan fingerprint density at radius 3 is 2.52 bits per heavy atom. The van der Waals surface area contributed by atoms with Crippen LogP contribution in [-0.4, -0.2) is 63.4 Å². The number of nitrogens with zero attached hydrogens (tertiary/aromatic N) is 2. The fourth-order valence-electron chi connectivity index (χ4n) is 3.49. The highest BCUT2D eigenvalue weighted by Crippen LogP contribution is 2.21. The summed E-state index contributed by atoms with van der Waals surface area (Å²) in [6, 6.07) is 6.29. The van der Waals surface area contributed by atoms with Crippen molar-refractivity contribution >= 4 is 29.9 Å². The van der Waals surface area contributed by atoms with Crippen molar-refractivity contribution < 1.29 is 9.47 Å². The van der Waals surface area contributed by atoms with Gasteiger partial charge in [0.05, 0.1) is 6.61 Å². The van der Waals surface area contributed by atoms with Crippen molar-refractivity contribution in [3.05, 3.63) is 29.3 Å². The molecule has 6 nitrogen and oxygen atoms in total. The van der Waals surface area contributed by atoms with Gasteiger partial charge in [-0.2, -0.15) is 0 Å². The average Bonchev–Trinajstić information content (AvgIpc) is 2.70. The predicted molar refractivity (Wildman–Crippen MR) is 132 cm³/mol. The van der Waals surface area contributed by atoms with Crippen molar-refractivity contribution in [2.45, 2.75) is 52.1 Å². The molecule has 0 atom stereocenters. The molecule has 0 amide bonds. The normalized spacial score (nSPS) is 15.6. The second kappa shape index (κ2) is 13.3.